The number of carboxylic acid groups (broad SMARTS) is 1. The lowest BCUT2D eigenvalue weighted by atomic mass is 10.0. The average Bonchev–Trinajstić information content (AvgIpc) is 2.50. The minimum absolute atomic E-state index is 0.100. The second-order valence-electron chi connectivity index (χ2n) is 3.98. The molecule has 0 radical (unpaired) electrons. The molecule has 0 fully saturated rings. The molecule has 1 rings (SSSR count). The van der Waals surface area contributed by atoms with Gasteiger partial charge in [-0.05, 0) is 23.3 Å². The molecule has 0 atom stereocenters. The second kappa shape index (κ2) is 8.89. The Hall–Kier alpha value is -3.12. The van der Waals surface area contributed by atoms with E-state index >= 15 is 0 Å². The summed E-state index contributed by atoms with van der Waals surface area (Å²) in [6.45, 7) is 3.55. The van der Waals surface area contributed by atoms with Gasteiger partial charge < -0.3 is 5.11 Å². The molecular weight excluding hydrogens is 262 g/mol. The Balaban J connectivity index is 3.25. The summed E-state index contributed by atoms with van der Waals surface area (Å²) >= 11 is 0. The molecule has 0 bridgehead atoms. The first kappa shape index (κ1) is 15.9. The van der Waals surface area contributed by atoms with Gasteiger partial charge in [-0.1, -0.05) is 61.2 Å². The first-order valence-corrected chi connectivity index (χ1v) is 6.25. The fourth-order valence-electron chi connectivity index (χ4n) is 1.57. The number of nitriles is 1. The van der Waals surface area contributed by atoms with Crippen molar-refractivity contribution in [3.63, 3.8) is 0 Å². The third-order valence-corrected chi connectivity index (χ3v) is 2.53. The molecule has 1 aromatic rings. The maximum atomic E-state index is 11.4. The molecule has 0 spiro atoms. The van der Waals surface area contributed by atoms with Gasteiger partial charge >= 0.3 is 5.97 Å². The zero-order valence-electron chi connectivity index (χ0n) is 11.4. The van der Waals surface area contributed by atoms with E-state index < -0.39 is 5.97 Å². The number of allylic oxidation sites excluding steroid dienone is 6. The van der Waals surface area contributed by atoms with Gasteiger partial charge in [0.1, 0.15) is 0 Å². The second-order valence-corrected chi connectivity index (χ2v) is 3.98. The summed E-state index contributed by atoms with van der Waals surface area (Å²) in [6.07, 6.45) is 10.7. The molecule has 0 saturated carbocycles. The summed E-state index contributed by atoms with van der Waals surface area (Å²) in [7, 11) is 0. The van der Waals surface area contributed by atoms with Crippen LogP contribution in [0.4, 0.5) is 0 Å². The van der Waals surface area contributed by atoms with E-state index in [9.17, 15) is 9.90 Å². The molecule has 3 nitrogen and oxygen atoms in total. The van der Waals surface area contributed by atoms with Gasteiger partial charge in [-0.25, -0.2) is 4.79 Å². The molecular formula is C18H15NO2. The maximum absolute atomic E-state index is 11.4. The predicted octanol–water partition coefficient (Wildman–Crippen LogP) is 3.90. The Kier molecular flexibility index (Phi) is 6.75. The number of hydrogen-bond donors (Lipinski definition) is 1. The van der Waals surface area contributed by atoms with Crippen molar-refractivity contribution >= 4 is 12.0 Å². The summed E-state index contributed by atoms with van der Waals surface area (Å²) in [4.78, 5) is 11.4. The van der Waals surface area contributed by atoms with Gasteiger partial charge in [0.15, 0.2) is 0 Å². The molecule has 0 aliphatic carbocycles. The Labute approximate surface area is 124 Å². The van der Waals surface area contributed by atoms with E-state index in [2.05, 4.69) is 6.58 Å². The van der Waals surface area contributed by atoms with Crippen LogP contribution >= 0.6 is 0 Å². The summed E-state index contributed by atoms with van der Waals surface area (Å²) < 4.78 is 0. The molecule has 0 unspecified atom stereocenters. The third kappa shape index (κ3) is 5.58. The lowest BCUT2D eigenvalue weighted by Crippen LogP contribution is -2.00. The van der Waals surface area contributed by atoms with Crippen molar-refractivity contribution in [3.05, 3.63) is 90.1 Å². The van der Waals surface area contributed by atoms with Crippen molar-refractivity contribution in [2.75, 3.05) is 0 Å². The van der Waals surface area contributed by atoms with Gasteiger partial charge in [0.25, 0.3) is 0 Å². The Morgan fingerprint density at radius 2 is 1.90 bits per heavy atom. The van der Waals surface area contributed by atoms with Crippen molar-refractivity contribution < 1.29 is 9.90 Å². The Morgan fingerprint density at radius 1 is 1.19 bits per heavy atom. The fourth-order valence-corrected chi connectivity index (χ4v) is 1.57. The molecule has 0 aliphatic rings. The van der Waals surface area contributed by atoms with Crippen LogP contribution in [-0.2, 0) is 4.79 Å². The highest BCUT2D eigenvalue weighted by Gasteiger charge is 2.07. The van der Waals surface area contributed by atoms with Crippen molar-refractivity contribution in [3.8, 4) is 6.07 Å². The zero-order chi connectivity index (χ0) is 15.5. The van der Waals surface area contributed by atoms with Gasteiger partial charge in [0.2, 0.25) is 0 Å². The molecule has 0 heterocycles. The van der Waals surface area contributed by atoms with Crippen LogP contribution in [0.3, 0.4) is 0 Å². The number of rotatable bonds is 6. The van der Waals surface area contributed by atoms with E-state index in [4.69, 9.17) is 5.26 Å². The van der Waals surface area contributed by atoms with E-state index in [0.29, 0.717) is 5.57 Å². The number of carboxylic acids is 1. The van der Waals surface area contributed by atoms with Crippen LogP contribution in [0.25, 0.3) is 6.08 Å². The van der Waals surface area contributed by atoms with Gasteiger partial charge in [0, 0.05) is 6.08 Å². The highest BCUT2D eigenvalue weighted by molar-refractivity contribution is 5.93. The van der Waals surface area contributed by atoms with Gasteiger partial charge in [-0.2, -0.15) is 5.26 Å². The lowest BCUT2D eigenvalue weighted by Gasteiger charge is -2.00. The van der Waals surface area contributed by atoms with Crippen LogP contribution in [0.1, 0.15) is 5.56 Å². The summed E-state index contributed by atoms with van der Waals surface area (Å²) in [6, 6.07) is 11.2. The van der Waals surface area contributed by atoms with E-state index in [-0.39, 0.29) is 5.57 Å². The molecule has 1 N–H and O–H groups in total. The number of hydrogen-bond acceptors (Lipinski definition) is 2. The number of nitrogens with zero attached hydrogens (tertiary/aromatic N) is 1. The number of carbonyl (C=O) groups is 1. The van der Waals surface area contributed by atoms with Gasteiger partial charge in [-0.15, -0.1) is 0 Å². The highest BCUT2D eigenvalue weighted by atomic mass is 16.4. The summed E-state index contributed by atoms with van der Waals surface area (Å²) in [5.74, 6) is -1.06. The largest absolute Gasteiger partial charge is 0.478 e. The maximum Gasteiger partial charge on any atom is 0.336 e. The lowest BCUT2D eigenvalue weighted by molar-refractivity contribution is -0.132. The van der Waals surface area contributed by atoms with Crippen LogP contribution in [-0.4, -0.2) is 11.1 Å². The molecule has 3 heteroatoms. The topological polar surface area (TPSA) is 61.1 Å². The van der Waals surface area contributed by atoms with Crippen LogP contribution in [0.5, 0.6) is 0 Å². The SMILES string of the molecule is C=CC=CC(C=CC#N)=C(C=Cc1ccccc1)C(=O)O. The van der Waals surface area contributed by atoms with Gasteiger partial charge in [-0.3, -0.25) is 0 Å². The fraction of sp³-hybridized carbons (Fsp3) is 0. The first-order valence-electron chi connectivity index (χ1n) is 6.25. The average molecular weight is 277 g/mol. The van der Waals surface area contributed by atoms with Crippen molar-refractivity contribution in [1.82, 2.24) is 0 Å². The van der Waals surface area contributed by atoms with Crippen molar-refractivity contribution in [2.24, 2.45) is 0 Å². The van der Waals surface area contributed by atoms with Crippen LogP contribution in [0, 0.1) is 11.3 Å². The van der Waals surface area contributed by atoms with E-state index in [1.54, 1.807) is 24.3 Å². The minimum Gasteiger partial charge on any atom is -0.478 e. The molecule has 0 saturated heterocycles. The quantitative estimate of drug-likeness (QED) is 0.487. The molecule has 104 valence electrons. The van der Waals surface area contributed by atoms with Crippen LogP contribution in [0.15, 0.2) is 84.5 Å². The highest BCUT2D eigenvalue weighted by Crippen LogP contribution is 2.13. The van der Waals surface area contributed by atoms with E-state index in [1.165, 1.54) is 18.2 Å². The van der Waals surface area contributed by atoms with E-state index in [1.807, 2.05) is 36.4 Å². The minimum atomic E-state index is -1.06. The standard InChI is InChI=1S/C18H15NO2/c1-2-3-10-16(11-7-14-19)17(18(20)21)13-12-15-8-5-4-6-9-15/h2-13H,1H2,(H,20,21). The molecule has 0 amide bonds. The van der Waals surface area contributed by atoms with E-state index in [0.717, 1.165) is 5.56 Å². The Bertz CT molecular complexity index is 656. The monoisotopic (exact) mass is 277 g/mol. The Morgan fingerprint density at radius 3 is 2.48 bits per heavy atom. The van der Waals surface area contributed by atoms with Gasteiger partial charge in [0.05, 0.1) is 11.6 Å². The van der Waals surface area contributed by atoms with Crippen molar-refractivity contribution in [2.45, 2.75) is 0 Å². The molecule has 1 aromatic carbocycles. The third-order valence-electron chi connectivity index (χ3n) is 2.53. The van der Waals surface area contributed by atoms with Crippen molar-refractivity contribution in [1.29, 1.82) is 5.26 Å². The first-order chi connectivity index (χ1) is 10.2. The normalized spacial score (nSPS) is 12.5. The smallest absolute Gasteiger partial charge is 0.336 e. The summed E-state index contributed by atoms with van der Waals surface area (Å²) in [5.41, 5.74) is 1.42. The molecule has 0 aliphatic heterocycles. The molecule has 21 heavy (non-hydrogen) atoms. The number of benzene rings is 1. The van der Waals surface area contributed by atoms with Crippen LogP contribution < -0.4 is 0 Å². The zero-order valence-corrected chi connectivity index (χ0v) is 11.4. The number of aliphatic carboxylic acids is 1. The molecule has 0 aromatic heterocycles. The van der Waals surface area contributed by atoms with Crippen LogP contribution in [0.2, 0.25) is 0 Å². The predicted molar refractivity (Wildman–Crippen MR) is 84.2 cm³/mol. The summed E-state index contributed by atoms with van der Waals surface area (Å²) in [5, 5.41) is 17.9.